The van der Waals surface area contributed by atoms with Gasteiger partial charge in [0.2, 0.25) is 0 Å². The second-order valence-corrected chi connectivity index (χ2v) is 3.92. The highest BCUT2D eigenvalue weighted by atomic mass is 127. The second-order valence-electron chi connectivity index (χ2n) is 2.44. The summed E-state index contributed by atoms with van der Waals surface area (Å²) < 4.78 is 1.21. The predicted molar refractivity (Wildman–Crippen MR) is 61.0 cm³/mol. The first-order valence-electron chi connectivity index (χ1n) is 3.30. The molecule has 0 saturated heterocycles. The Morgan fingerprint density at radius 3 is 2.73 bits per heavy atom. The van der Waals surface area contributed by atoms with Crippen molar-refractivity contribution in [2.75, 3.05) is 5.73 Å². The van der Waals surface area contributed by atoms with E-state index >= 15 is 0 Å². The molecule has 0 radical (unpaired) electrons. The molecule has 0 atom stereocenters. The lowest BCUT2D eigenvalue weighted by Gasteiger charge is -2.05. The van der Waals surface area contributed by atoms with Crippen molar-refractivity contribution in [3.8, 4) is 0 Å². The molecule has 1 rings (SSSR count). The third-order valence-corrected chi connectivity index (χ3v) is 3.11. The third kappa shape index (κ3) is 2.02. The molecule has 1 nitrogen and oxygen atoms in total. The van der Waals surface area contributed by atoms with Crippen molar-refractivity contribution in [3.05, 3.63) is 26.8 Å². The van der Waals surface area contributed by atoms with Gasteiger partial charge in [-0.2, -0.15) is 12.6 Å². The first-order chi connectivity index (χ1) is 5.15. The number of hydrogen-bond acceptors (Lipinski definition) is 2. The van der Waals surface area contributed by atoms with Crippen LogP contribution in [0.4, 0.5) is 5.69 Å². The number of hydrogen-bond donors (Lipinski definition) is 2. The molecule has 0 saturated carbocycles. The minimum absolute atomic E-state index is 0.757. The van der Waals surface area contributed by atoms with E-state index in [9.17, 15) is 0 Å². The highest BCUT2D eigenvalue weighted by Crippen LogP contribution is 2.21. The van der Waals surface area contributed by atoms with Crippen LogP contribution in [-0.2, 0) is 5.75 Å². The van der Waals surface area contributed by atoms with Gasteiger partial charge in [0.1, 0.15) is 0 Å². The molecule has 2 N–H and O–H groups in total. The summed E-state index contributed by atoms with van der Waals surface area (Å²) in [5.74, 6) is 0.757. The van der Waals surface area contributed by atoms with E-state index in [1.54, 1.807) is 0 Å². The molecule has 0 aliphatic rings. The van der Waals surface area contributed by atoms with Crippen molar-refractivity contribution in [3.63, 3.8) is 0 Å². The number of nitrogen functional groups attached to an aromatic ring is 1. The molecule has 0 heterocycles. The molecule has 0 spiro atoms. The Balaban J connectivity index is 3.24. The monoisotopic (exact) mass is 279 g/mol. The summed E-state index contributed by atoms with van der Waals surface area (Å²) in [6.07, 6.45) is 0. The first-order valence-corrected chi connectivity index (χ1v) is 5.01. The van der Waals surface area contributed by atoms with Gasteiger partial charge in [-0.1, -0.05) is 0 Å². The van der Waals surface area contributed by atoms with Gasteiger partial charge in [0.25, 0.3) is 0 Å². The molecule has 1 aromatic rings. The third-order valence-electron chi connectivity index (χ3n) is 1.64. The molecule has 0 fully saturated rings. The summed E-state index contributed by atoms with van der Waals surface area (Å²) in [5, 5.41) is 0. The van der Waals surface area contributed by atoms with E-state index in [-0.39, 0.29) is 0 Å². The Kier molecular flexibility index (Phi) is 3.06. The van der Waals surface area contributed by atoms with Crippen molar-refractivity contribution in [1.82, 2.24) is 0 Å². The Bertz CT molecular complexity index is 273. The summed E-state index contributed by atoms with van der Waals surface area (Å²) in [7, 11) is 0. The number of benzene rings is 1. The van der Waals surface area contributed by atoms with Crippen LogP contribution in [-0.4, -0.2) is 0 Å². The normalized spacial score (nSPS) is 10.1. The first kappa shape index (κ1) is 9.19. The van der Waals surface area contributed by atoms with Crippen LogP contribution in [0.25, 0.3) is 0 Å². The standard InChI is InChI=1S/C8H10INS/c1-5-6(4-11)2-7(10)3-8(5)9/h2-3,11H,4,10H2,1H3. The average Bonchev–Trinajstić information content (AvgIpc) is 1.96. The van der Waals surface area contributed by atoms with Crippen molar-refractivity contribution in [2.45, 2.75) is 12.7 Å². The van der Waals surface area contributed by atoms with Crippen LogP contribution in [0, 0.1) is 10.5 Å². The van der Waals surface area contributed by atoms with Gasteiger partial charge in [-0.25, -0.2) is 0 Å². The van der Waals surface area contributed by atoms with Gasteiger partial charge < -0.3 is 5.73 Å². The number of anilines is 1. The van der Waals surface area contributed by atoms with Crippen molar-refractivity contribution in [2.24, 2.45) is 0 Å². The van der Waals surface area contributed by atoms with E-state index < -0.39 is 0 Å². The van der Waals surface area contributed by atoms with Gasteiger partial charge in [0.15, 0.2) is 0 Å². The van der Waals surface area contributed by atoms with Gasteiger partial charge in [-0.05, 0) is 52.8 Å². The Morgan fingerprint density at radius 2 is 2.18 bits per heavy atom. The number of thiol groups is 1. The molecular weight excluding hydrogens is 269 g/mol. The fourth-order valence-corrected chi connectivity index (χ4v) is 1.96. The quantitative estimate of drug-likeness (QED) is 0.461. The number of rotatable bonds is 1. The topological polar surface area (TPSA) is 26.0 Å². The van der Waals surface area contributed by atoms with Gasteiger partial charge in [-0.15, -0.1) is 0 Å². The van der Waals surface area contributed by atoms with Gasteiger partial charge in [0.05, 0.1) is 0 Å². The molecule has 0 aliphatic heterocycles. The maximum Gasteiger partial charge on any atom is 0.0327 e. The lowest BCUT2D eigenvalue weighted by Crippen LogP contribution is -1.93. The lowest BCUT2D eigenvalue weighted by atomic mass is 10.1. The molecular formula is C8H10INS. The highest BCUT2D eigenvalue weighted by Gasteiger charge is 2.01. The van der Waals surface area contributed by atoms with Crippen LogP contribution < -0.4 is 5.73 Å². The number of nitrogens with two attached hydrogens (primary N) is 1. The summed E-state index contributed by atoms with van der Waals surface area (Å²) in [6, 6.07) is 3.95. The SMILES string of the molecule is Cc1c(I)cc(N)cc1CS. The van der Waals surface area contributed by atoms with E-state index in [1.165, 1.54) is 14.7 Å². The van der Waals surface area contributed by atoms with E-state index in [0.717, 1.165) is 11.4 Å². The van der Waals surface area contributed by atoms with Gasteiger partial charge in [0, 0.05) is 15.0 Å². The predicted octanol–water partition coefficient (Wildman–Crippen LogP) is 2.61. The Labute approximate surface area is 85.9 Å². The summed E-state index contributed by atoms with van der Waals surface area (Å²) in [4.78, 5) is 0. The van der Waals surface area contributed by atoms with E-state index in [1.807, 2.05) is 12.1 Å². The molecule has 60 valence electrons. The zero-order valence-corrected chi connectivity index (χ0v) is 9.32. The molecule has 0 bridgehead atoms. The molecule has 0 aromatic heterocycles. The van der Waals surface area contributed by atoms with Crippen molar-refractivity contribution < 1.29 is 0 Å². The van der Waals surface area contributed by atoms with Crippen LogP contribution >= 0.6 is 35.2 Å². The summed E-state index contributed by atoms with van der Waals surface area (Å²) in [5.41, 5.74) is 9.00. The minimum atomic E-state index is 0.757. The fourth-order valence-electron chi connectivity index (χ4n) is 0.923. The fraction of sp³-hybridized carbons (Fsp3) is 0.250. The molecule has 0 amide bonds. The molecule has 3 heteroatoms. The maximum atomic E-state index is 5.67. The lowest BCUT2D eigenvalue weighted by molar-refractivity contribution is 1.29. The smallest absolute Gasteiger partial charge is 0.0327 e. The number of halogens is 1. The van der Waals surface area contributed by atoms with Crippen LogP contribution in [0.3, 0.4) is 0 Å². The van der Waals surface area contributed by atoms with Crippen molar-refractivity contribution >= 4 is 40.9 Å². The van der Waals surface area contributed by atoms with Gasteiger partial charge in [-0.3, -0.25) is 0 Å². The maximum absolute atomic E-state index is 5.67. The van der Waals surface area contributed by atoms with Crippen LogP contribution in [0.2, 0.25) is 0 Å². The van der Waals surface area contributed by atoms with E-state index in [2.05, 4.69) is 42.1 Å². The van der Waals surface area contributed by atoms with E-state index in [4.69, 9.17) is 5.73 Å². The summed E-state index contributed by atoms with van der Waals surface area (Å²) in [6.45, 7) is 2.09. The molecule has 11 heavy (non-hydrogen) atoms. The zero-order chi connectivity index (χ0) is 8.43. The van der Waals surface area contributed by atoms with E-state index in [0.29, 0.717) is 0 Å². The van der Waals surface area contributed by atoms with Crippen LogP contribution in [0.5, 0.6) is 0 Å². The Morgan fingerprint density at radius 1 is 1.55 bits per heavy atom. The second kappa shape index (κ2) is 3.67. The Hall–Kier alpha value is 0.1000. The minimum Gasteiger partial charge on any atom is -0.399 e. The largest absolute Gasteiger partial charge is 0.399 e. The molecule has 0 unspecified atom stereocenters. The zero-order valence-electron chi connectivity index (χ0n) is 6.26. The van der Waals surface area contributed by atoms with Crippen LogP contribution in [0.1, 0.15) is 11.1 Å². The van der Waals surface area contributed by atoms with Crippen LogP contribution in [0.15, 0.2) is 12.1 Å². The van der Waals surface area contributed by atoms with Gasteiger partial charge >= 0.3 is 0 Å². The average molecular weight is 279 g/mol. The molecule has 1 aromatic carbocycles. The van der Waals surface area contributed by atoms with Crippen molar-refractivity contribution in [1.29, 1.82) is 0 Å². The highest BCUT2D eigenvalue weighted by molar-refractivity contribution is 14.1. The molecule has 0 aliphatic carbocycles. The summed E-state index contributed by atoms with van der Waals surface area (Å²) >= 11 is 6.50.